The number of benzene rings is 1. The molecule has 0 bridgehead atoms. The lowest BCUT2D eigenvalue weighted by Gasteiger charge is -2.22. The van der Waals surface area contributed by atoms with Gasteiger partial charge in [-0.3, -0.25) is 4.90 Å². The minimum Gasteiger partial charge on any atom is -0.395 e. The summed E-state index contributed by atoms with van der Waals surface area (Å²) in [7, 11) is 0. The van der Waals surface area contributed by atoms with Crippen molar-refractivity contribution in [1.29, 1.82) is 0 Å². The zero-order valence-corrected chi connectivity index (χ0v) is 11.0. The van der Waals surface area contributed by atoms with E-state index in [1.807, 2.05) is 0 Å². The van der Waals surface area contributed by atoms with Crippen LogP contribution in [-0.4, -0.2) is 35.7 Å². The summed E-state index contributed by atoms with van der Waals surface area (Å²) in [5, 5.41) is 9.14. The van der Waals surface area contributed by atoms with Gasteiger partial charge >= 0.3 is 0 Å². The molecule has 1 aromatic carbocycles. The van der Waals surface area contributed by atoms with Gasteiger partial charge in [0.2, 0.25) is 0 Å². The summed E-state index contributed by atoms with van der Waals surface area (Å²) < 4.78 is 0. The van der Waals surface area contributed by atoms with Gasteiger partial charge in [-0.25, -0.2) is 0 Å². The molecule has 0 radical (unpaired) electrons. The largest absolute Gasteiger partial charge is 0.395 e. The number of nitrogens with zero attached hydrogens (tertiary/aromatic N) is 1. The summed E-state index contributed by atoms with van der Waals surface area (Å²) in [6.45, 7) is 3.38. The van der Waals surface area contributed by atoms with Crippen LogP contribution in [0.2, 0.25) is 0 Å². The van der Waals surface area contributed by atoms with Gasteiger partial charge in [-0.2, -0.15) is 0 Å². The highest BCUT2D eigenvalue weighted by Crippen LogP contribution is 2.21. The fraction of sp³-hybridized carbons (Fsp3) is 0.600. The molecule has 1 heterocycles. The van der Waals surface area contributed by atoms with Gasteiger partial charge in [0.25, 0.3) is 0 Å². The minimum atomic E-state index is -0.0401. The van der Waals surface area contributed by atoms with Gasteiger partial charge in [0.05, 0.1) is 6.61 Å². The Morgan fingerprint density at radius 2 is 2.00 bits per heavy atom. The van der Waals surface area contributed by atoms with Gasteiger partial charge < -0.3 is 10.8 Å². The normalized spacial score (nSPS) is 23.6. The van der Waals surface area contributed by atoms with E-state index in [1.54, 1.807) is 0 Å². The number of hydrogen-bond acceptors (Lipinski definition) is 3. The smallest absolute Gasteiger partial charge is 0.0585 e. The molecule has 0 saturated carbocycles. The number of likely N-dealkylation sites (tertiary alicyclic amines) is 1. The first-order chi connectivity index (χ1) is 8.79. The van der Waals surface area contributed by atoms with Gasteiger partial charge in [-0.1, -0.05) is 30.3 Å². The third kappa shape index (κ3) is 3.80. The first-order valence-corrected chi connectivity index (χ1v) is 6.92. The number of rotatable bonds is 4. The van der Waals surface area contributed by atoms with E-state index >= 15 is 0 Å². The second kappa shape index (κ2) is 6.88. The van der Waals surface area contributed by atoms with E-state index in [0.717, 1.165) is 32.5 Å². The first-order valence-electron chi connectivity index (χ1n) is 6.92. The number of nitrogens with two attached hydrogens (primary N) is 1. The highest BCUT2D eigenvalue weighted by Gasteiger charge is 2.21. The Hall–Kier alpha value is -0.900. The monoisotopic (exact) mass is 248 g/mol. The van der Waals surface area contributed by atoms with Crippen LogP contribution >= 0.6 is 0 Å². The molecule has 3 nitrogen and oxygen atoms in total. The van der Waals surface area contributed by atoms with Crippen molar-refractivity contribution in [3.05, 3.63) is 35.9 Å². The van der Waals surface area contributed by atoms with Crippen LogP contribution in [0.4, 0.5) is 0 Å². The lowest BCUT2D eigenvalue weighted by Crippen LogP contribution is -2.34. The third-order valence-corrected chi connectivity index (χ3v) is 3.93. The van der Waals surface area contributed by atoms with Crippen LogP contribution in [0.5, 0.6) is 0 Å². The van der Waals surface area contributed by atoms with Crippen molar-refractivity contribution in [3.8, 4) is 0 Å². The lowest BCUT2D eigenvalue weighted by atomic mass is 9.93. The van der Waals surface area contributed by atoms with Crippen molar-refractivity contribution in [2.75, 3.05) is 19.7 Å². The predicted molar refractivity (Wildman–Crippen MR) is 74.1 cm³/mol. The number of aliphatic hydroxyl groups excluding tert-OH is 1. The van der Waals surface area contributed by atoms with Crippen molar-refractivity contribution >= 4 is 0 Å². The fourth-order valence-corrected chi connectivity index (χ4v) is 2.76. The molecule has 18 heavy (non-hydrogen) atoms. The SMILES string of the molecule is NC(CO)C1CCCN(Cc2ccccc2)CC1. The summed E-state index contributed by atoms with van der Waals surface area (Å²) >= 11 is 0. The average molecular weight is 248 g/mol. The summed E-state index contributed by atoms with van der Waals surface area (Å²) in [5.74, 6) is 0.482. The molecule has 1 aliphatic rings. The molecular weight excluding hydrogens is 224 g/mol. The van der Waals surface area contributed by atoms with Crippen molar-refractivity contribution in [2.45, 2.75) is 31.8 Å². The molecule has 0 amide bonds. The summed E-state index contributed by atoms with van der Waals surface area (Å²) in [5.41, 5.74) is 7.32. The summed E-state index contributed by atoms with van der Waals surface area (Å²) in [6.07, 6.45) is 3.44. The Labute approximate surface area is 110 Å². The molecule has 2 unspecified atom stereocenters. The standard InChI is InChI=1S/C15H24N2O/c16-15(12-18)14-7-4-9-17(10-8-14)11-13-5-2-1-3-6-13/h1-3,5-6,14-15,18H,4,7-12,16H2. The molecule has 3 heteroatoms. The maximum Gasteiger partial charge on any atom is 0.0585 e. The Morgan fingerprint density at radius 3 is 2.72 bits per heavy atom. The Bertz CT molecular complexity index is 342. The Balaban J connectivity index is 1.86. The molecule has 2 atom stereocenters. The predicted octanol–water partition coefficient (Wildman–Crippen LogP) is 1.61. The molecule has 1 aliphatic heterocycles. The van der Waals surface area contributed by atoms with Gasteiger partial charge in [-0.05, 0) is 43.8 Å². The highest BCUT2D eigenvalue weighted by molar-refractivity contribution is 5.14. The van der Waals surface area contributed by atoms with E-state index in [-0.39, 0.29) is 12.6 Å². The minimum absolute atomic E-state index is 0.0401. The second-order valence-corrected chi connectivity index (χ2v) is 5.30. The molecule has 2 rings (SSSR count). The first kappa shape index (κ1) is 13.5. The van der Waals surface area contributed by atoms with Gasteiger partial charge in [0.1, 0.15) is 0 Å². The van der Waals surface area contributed by atoms with Crippen LogP contribution in [0, 0.1) is 5.92 Å². The zero-order chi connectivity index (χ0) is 12.8. The molecule has 3 N–H and O–H groups in total. The molecule has 0 aromatic heterocycles. The van der Waals surface area contributed by atoms with Crippen LogP contribution in [0.1, 0.15) is 24.8 Å². The van der Waals surface area contributed by atoms with E-state index in [1.165, 1.54) is 12.0 Å². The topological polar surface area (TPSA) is 49.5 Å². The van der Waals surface area contributed by atoms with E-state index in [9.17, 15) is 0 Å². The van der Waals surface area contributed by atoms with Crippen LogP contribution in [0.25, 0.3) is 0 Å². The van der Waals surface area contributed by atoms with Gasteiger partial charge in [0.15, 0.2) is 0 Å². The highest BCUT2D eigenvalue weighted by atomic mass is 16.3. The Morgan fingerprint density at radius 1 is 1.22 bits per heavy atom. The molecule has 1 saturated heterocycles. The average Bonchev–Trinajstić information content (AvgIpc) is 2.65. The van der Waals surface area contributed by atoms with Gasteiger partial charge in [-0.15, -0.1) is 0 Å². The maximum absolute atomic E-state index is 9.14. The molecule has 0 aliphatic carbocycles. The van der Waals surface area contributed by atoms with Crippen molar-refractivity contribution in [1.82, 2.24) is 4.90 Å². The molecular formula is C15H24N2O. The molecule has 1 aromatic rings. The van der Waals surface area contributed by atoms with E-state index in [2.05, 4.69) is 35.2 Å². The lowest BCUT2D eigenvalue weighted by molar-refractivity contribution is 0.211. The summed E-state index contributed by atoms with van der Waals surface area (Å²) in [4.78, 5) is 2.50. The Kier molecular flexibility index (Phi) is 5.17. The zero-order valence-electron chi connectivity index (χ0n) is 11.0. The molecule has 0 spiro atoms. The fourth-order valence-electron chi connectivity index (χ4n) is 2.76. The van der Waals surface area contributed by atoms with Crippen molar-refractivity contribution in [3.63, 3.8) is 0 Å². The second-order valence-electron chi connectivity index (χ2n) is 5.30. The van der Waals surface area contributed by atoms with Gasteiger partial charge in [0, 0.05) is 12.6 Å². The number of hydrogen-bond donors (Lipinski definition) is 2. The van der Waals surface area contributed by atoms with E-state index < -0.39 is 0 Å². The van der Waals surface area contributed by atoms with Crippen LogP contribution in [0.3, 0.4) is 0 Å². The van der Waals surface area contributed by atoms with Crippen molar-refractivity contribution < 1.29 is 5.11 Å². The number of aliphatic hydroxyl groups is 1. The summed E-state index contributed by atoms with van der Waals surface area (Å²) in [6, 6.07) is 10.6. The van der Waals surface area contributed by atoms with Crippen LogP contribution in [0.15, 0.2) is 30.3 Å². The van der Waals surface area contributed by atoms with E-state index in [4.69, 9.17) is 10.8 Å². The molecule has 100 valence electrons. The third-order valence-electron chi connectivity index (χ3n) is 3.93. The quantitative estimate of drug-likeness (QED) is 0.851. The maximum atomic E-state index is 9.14. The van der Waals surface area contributed by atoms with E-state index in [0.29, 0.717) is 5.92 Å². The van der Waals surface area contributed by atoms with Crippen LogP contribution in [-0.2, 0) is 6.54 Å². The van der Waals surface area contributed by atoms with Crippen LogP contribution < -0.4 is 5.73 Å². The molecule has 1 fully saturated rings. The van der Waals surface area contributed by atoms with Crippen molar-refractivity contribution in [2.24, 2.45) is 11.7 Å².